The molecule has 5 aromatic rings. The first-order chi connectivity index (χ1) is 24.7. The number of aromatic nitrogens is 2. The van der Waals surface area contributed by atoms with E-state index in [1.54, 1.807) is 26.4 Å². The van der Waals surface area contributed by atoms with E-state index in [9.17, 15) is 18.0 Å². The second-order valence-electron chi connectivity index (χ2n) is 12.7. The van der Waals surface area contributed by atoms with Crippen LogP contribution in [0.15, 0.2) is 85.1 Å². The minimum Gasteiger partial charge on any atom is -0.493 e. The maximum absolute atomic E-state index is 13.0. The Morgan fingerprint density at radius 3 is 2.24 bits per heavy atom. The molecule has 13 heteroatoms. The first kappa shape index (κ1) is 34.2. The van der Waals surface area contributed by atoms with E-state index in [0.29, 0.717) is 38.4 Å². The number of carbonyl (C=O) groups excluding carboxylic acids is 1. The van der Waals surface area contributed by atoms with Crippen LogP contribution in [0.5, 0.6) is 17.2 Å². The molecule has 0 aliphatic carbocycles. The smallest absolute Gasteiger partial charge is 0.493 e. The molecule has 1 saturated heterocycles. The summed E-state index contributed by atoms with van der Waals surface area (Å²) in [7, 11) is 3.32. The fraction of sp³-hybridized carbons (Fsp3) is 0.316. The fourth-order valence-electron chi connectivity index (χ4n) is 6.86. The lowest BCUT2D eigenvalue weighted by Gasteiger charge is -2.35. The highest BCUT2D eigenvalue weighted by Gasteiger charge is 2.31. The van der Waals surface area contributed by atoms with E-state index in [-0.39, 0.29) is 18.2 Å². The summed E-state index contributed by atoms with van der Waals surface area (Å²) in [5, 5.41) is 3.02. The number of amides is 1. The lowest BCUT2D eigenvalue weighted by atomic mass is 9.98. The molecule has 7 rings (SSSR count). The molecule has 4 heterocycles. The number of nitrogens with one attached hydrogen (secondary N) is 1. The third kappa shape index (κ3) is 7.89. The number of pyridine rings is 1. The third-order valence-electron chi connectivity index (χ3n) is 9.42. The average Bonchev–Trinajstić information content (AvgIpc) is 3.49. The Hall–Kier alpha value is -5.27. The van der Waals surface area contributed by atoms with Gasteiger partial charge in [-0.1, -0.05) is 18.2 Å². The van der Waals surface area contributed by atoms with Gasteiger partial charge < -0.3 is 28.8 Å². The summed E-state index contributed by atoms with van der Waals surface area (Å²) in [5.74, 6) is 1.12. The van der Waals surface area contributed by atoms with Gasteiger partial charge >= 0.3 is 6.36 Å². The number of hydrogen-bond donors (Lipinski definition) is 1. The molecule has 0 bridgehead atoms. The quantitative estimate of drug-likeness (QED) is 0.184. The monoisotopic (exact) mass is 700 g/mol. The molecule has 2 aliphatic heterocycles. The van der Waals surface area contributed by atoms with Crippen molar-refractivity contribution in [3.63, 3.8) is 0 Å². The molecule has 10 nitrogen and oxygen atoms in total. The van der Waals surface area contributed by atoms with Crippen LogP contribution in [0.3, 0.4) is 0 Å². The van der Waals surface area contributed by atoms with Crippen molar-refractivity contribution in [2.45, 2.75) is 25.9 Å². The summed E-state index contributed by atoms with van der Waals surface area (Å²) in [5.41, 5.74) is 7.84. The maximum Gasteiger partial charge on any atom is 0.573 e. The number of piperazine rings is 1. The van der Waals surface area contributed by atoms with Crippen molar-refractivity contribution in [2.24, 2.45) is 0 Å². The van der Waals surface area contributed by atoms with E-state index in [0.717, 1.165) is 59.3 Å². The maximum atomic E-state index is 13.0. The predicted octanol–water partition coefficient (Wildman–Crippen LogP) is 6.24. The van der Waals surface area contributed by atoms with Gasteiger partial charge in [-0.25, -0.2) is 4.98 Å². The van der Waals surface area contributed by atoms with Crippen LogP contribution in [-0.2, 0) is 24.3 Å². The number of benzene rings is 3. The Labute approximate surface area is 294 Å². The SMILES string of the molecule is COc1cc2c(cc1OC)CN(Cc1c(-c3ccc(NC(=O)CN4CCN(c5ccc(OC(F)(F)F)cc5)CC4)cc3)nc3ccccn13)CC2. The fourth-order valence-corrected chi connectivity index (χ4v) is 6.86. The van der Waals surface area contributed by atoms with E-state index >= 15 is 0 Å². The molecular formula is C38H39F3N6O4. The molecule has 0 atom stereocenters. The lowest BCUT2D eigenvalue weighted by Crippen LogP contribution is -2.48. The Morgan fingerprint density at radius 1 is 0.843 bits per heavy atom. The number of methoxy groups -OCH3 is 2. The number of imidazole rings is 1. The minimum absolute atomic E-state index is 0.113. The highest BCUT2D eigenvalue weighted by molar-refractivity contribution is 5.92. The number of nitrogens with zero attached hydrogens (tertiary/aromatic N) is 5. The van der Waals surface area contributed by atoms with Crippen molar-refractivity contribution in [3.8, 4) is 28.5 Å². The van der Waals surface area contributed by atoms with Crippen LogP contribution in [0, 0.1) is 0 Å². The Balaban J connectivity index is 0.971. The van der Waals surface area contributed by atoms with Crippen molar-refractivity contribution in [3.05, 3.63) is 102 Å². The molecule has 0 radical (unpaired) electrons. The van der Waals surface area contributed by atoms with E-state index in [4.69, 9.17) is 14.5 Å². The molecule has 2 aromatic heterocycles. The van der Waals surface area contributed by atoms with Gasteiger partial charge in [-0.3, -0.25) is 14.6 Å². The number of halogens is 3. The molecule has 1 amide bonds. The van der Waals surface area contributed by atoms with Crippen LogP contribution >= 0.6 is 0 Å². The second kappa shape index (κ2) is 14.5. The number of alkyl halides is 3. The third-order valence-corrected chi connectivity index (χ3v) is 9.42. The van der Waals surface area contributed by atoms with Gasteiger partial charge in [0.2, 0.25) is 5.91 Å². The van der Waals surface area contributed by atoms with Gasteiger partial charge in [0, 0.05) is 68.9 Å². The van der Waals surface area contributed by atoms with Crippen molar-refractivity contribution in [2.75, 3.05) is 63.7 Å². The Bertz CT molecular complexity index is 1990. The van der Waals surface area contributed by atoms with Crippen LogP contribution in [0.4, 0.5) is 24.5 Å². The standard InChI is InChI=1S/C38H39F3N6O4/c1-49-33-21-27-14-16-45(23-28(27)22-34(33)50-2)24-32-37(43-35-5-3-4-15-47(32)35)26-6-8-29(9-7-26)42-36(48)25-44-17-19-46(20-18-44)30-10-12-31(13-11-30)51-38(39,40)41/h3-13,15,21-22H,14,16-20,23-25H2,1-2H3,(H,42,48). The van der Waals surface area contributed by atoms with Crippen LogP contribution < -0.4 is 24.4 Å². The zero-order valence-electron chi connectivity index (χ0n) is 28.4. The number of anilines is 2. The molecule has 266 valence electrons. The van der Waals surface area contributed by atoms with Crippen LogP contribution in [-0.4, -0.2) is 84.9 Å². The number of rotatable bonds is 10. The van der Waals surface area contributed by atoms with Crippen LogP contribution in [0.25, 0.3) is 16.9 Å². The lowest BCUT2D eigenvalue weighted by molar-refractivity contribution is -0.274. The zero-order chi connectivity index (χ0) is 35.5. The van der Waals surface area contributed by atoms with E-state index in [1.165, 1.54) is 23.3 Å². The normalized spacial score (nSPS) is 15.4. The summed E-state index contributed by atoms with van der Waals surface area (Å²) >= 11 is 0. The summed E-state index contributed by atoms with van der Waals surface area (Å²) < 4.78 is 54.6. The number of ether oxygens (including phenoxy) is 3. The molecule has 0 unspecified atom stereocenters. The molecular weight excluding hydrogens is 661 g/mol. The largest absolute Gasteiger partial charge is 0.573 e. The number of hydrogen-bond acceptors (Lipinski definition) is 8. The van der Waals surface area contributed by atoms with Crippen molar-refractivity contribution in [1.82, 2.24) is 19.2 Å². The first-order valence-corrected chi connectivity index (χ1v) is 16.8. The molecule has 51 heavy (non-hydrogen) atoms. The van der Waals surface area contributed by atoms with E-state index < -0.39 is 6.36 Å². The highest BCUT2D eigenvalue weighted by atomic mass is 19.4. The van der Waals surface area contributed by atoms with E-state index in [1.807, 2.05) is 48.7 Å². The van der Waals surface area contributed by atoms with Gasteiger partial charge in [-0.15, -0.1) is 13.2 Å². The van der Waals surface area contributed by atoms with Gasteiger partial charge in [-0.05, 0) is 78.2 Å². The van der Waals surface area contributed by atoms with Gasteiger partial charge in [-0.2, -0.15) is 0 Å². The summed E-state index contributed by atoms with van der Waals surface area (Å²) in [6.07, 6.45) is -1.77. The molecule has 1 fully saturated rings. The van der Waals surface area contributed by atoms with Crippen molar-refractivity contribution in [1.29, 1.82) is 0 Å². The highest BCUT2D eigenvalue weighted by Crippen LogP contribution is 2.35. The second-order valence-corrected chi connectivity index (χ2v) is 12.7. The van der Waals surface area contributed by atoms with Crippen LogP contribution in [0.1, 0.15) is 16.8 Å². The van der Waals surface area contributed by atoms with Crippen LogP contribution in [0.2, 0.25) is 0 Å². The van der Waals surface area contributed by atoms with Gasteiger partial charge in [0.1, 0.15) is 11.4 Å². The summed E-state index contributed by atoms with van der Waals surface area (Å²) in [4.78, 5) is 24.6. The molecule has 0 saturated carbocycles. The average molecular weight is 701 g/mol. The topological polar surface area (TPSA) is 83.8 Å². The first-order valence-electron chi connectivity index (χ1n) is 16.8. The molecule has 3 aromatic carbocycles. The van der Waals surface area contributed by atoms with Gasteiger partial charge in [0.25, 0.3) is 0 Å². The summed E-state index contributed by atoms with van der Waals surface area (Å²) in [6, 6.07) is 23.8. The molecule has 2 aliphatic rings. The predicted molar refractivity (Wildman–Crippen MR) is 188 cm³/mol. The Morgan fingerprint density at radius 2 is 1.55 bits per heavy atom. The summed E-state index contributed by atoms with van der Waals surface area (Å²) in [6.45, 7) is 5.21. The zero-order valence-corrected chi connectivity index (χ0v) is 28.4. The Kier molecular flexibility index (Phi) is 9.74. The van der Waals surface area contributed by atoms with Crippen molar-refractivity contribution < 1.29 is 32.2 Å². The number of carbonyl (C=O) groups is 1. The van der Waals surface area contributed by atoms with Crippen molar-refractivity contribution >= 4 is 22.9 Å². The van der Waals surface area contributed by atoms with E-state index in [2.05, 4.69) is 41.3 Å². The molecule has 1 N–H and O–H groups in total. The molecule has 0 spiro atoms. The number of fused-ring (bicyclic) bond motifs is 2. The van der Waals surface area contributed by atoms with Gasteiger partial charge in [0.05, 0.1) is 32.2 Å². The van der Waals surface area contributed by atoms with Gasteiger partial charge in [0.15, 0.2) is 11.5 Å². The minimum atomic E-state index is -4.72.